The predicted octanol–water partition coefficient (Wildman–Crippen LogP) is -8.69. The number of nitrogens with one attached hydrogen (secondary N) is 1. The smallest absolute Gasteiger partial charge is 0.176 e. The molecular formula is C21H41N3O15. The van der Waals surface area contributed by atoms with Crippen molar-refractivity contribution in [1.82, 2.24) is 5.32 Å². The van der Waals surface area contributed by atoms with E-state index in [9.17, 15) is 51.1 Å². The van der Waals surface area contributed by atoms with Crippen LogP contribution in [0.15, 0.2) is 0 Å². The summed E-state index contributed by atoms with van der Waals surface area (Å²) >= 11 is 0. The Bertz CT molecular complexity index is 741. The highest BCUT2D eigenvalue weighted by atomic mass is 16.7. The van der Waals surface area contributed by atoms with E-state index < -0.39 is 124 Å². The van der Waals surface area contributed by atoms with E-state index in [1.165, 1.54) is 0 Å². The molecule has 0 saturated carbocycles. The molecule has 0 bridgehead atoms. The molecule has 3 aliphatic rings. The molecule has 15 N–H and O–H groups in total. The molecule has 0 aromatic carbocycles. The van der Waals surface area contributed by atoms with Crippen molar-refractivity contribution < 1.29 is 74.7 Å². The van der Waals surface area contributed by atoms with Crippen LogP contribution >= 0.6 is 0 Å². The molecule has 0 aromatic rings. The van der Waals surface area contributed by atoms with Crippen LogP contribution in [0, 0.1) is 0 Å². The normalized spacial score (nSPS) is 48.2. The van der Waals surface area contributed by atoms with Crippen LogP contribution in [-0.2, 0) is 23.7 Å². The van der Waals surface area contributed by atoms with Crippen LogP contribution in [0.2, 0.25) is 0 Å². The number of aliphatic hydroxyl groups is 10. The van der Waals surface area contributed by atoms with Crippen molar-refractivity contribution in [1.29, 1.82) is 0 Å². The first-order valence-electron chi connectivity index (χ1n) is 12.5. The number of aliphatic hydroxyl groups excluding tert-OH is 10. The average molecular weight is 576 g/mol. The average Bonchev–Trinajstić information content (AvgIpc) is 2.93. The summed E-state index contributed by atoms with van der Waals surface area (Å²) in [6.07, 6.45) is -18.9. The van der Waals surface area contributed by atoms with Gasteiger partial charge in [0, 0.05) is 6.54 Å². The number of hydrogen-bond acceptors (Lipinski definition) is 18. The minimum atomic E-state index is -1.63. The van der Waals surface area contributed by atoms with Crippen molar-refractivity contribution in [2.24, 2.45) is 11.5 Å². The Morgan fingerprint density at radius 1 is 0.667 bits per heavy atom. The summed E-state index contributed by atoms with van der Waals surface area (Å²) in [4.78, 5) is 0. The van der Waals surface area contributed by atoms with Gasteiger partial charge in [-0.2, -0.15) is 0 Å². The van der Waals surface area contributed by atoms with Gasteiger partial charge < -0.3 is 91.5 Å². The maximum Gasteiger partial charge on any atom is 0.176 e. The summed E-state index contributed by atoms with van der Waals surface area (Å²) in [7, 11) is 0. The fraction of sp³-hybridized carbons (Fsp3) is 1.00. The number of hydrogen-bond donors (Lipinski definition) is 13. The van der Waals surface area contributed by atoms with Crippen LogP contribution in [0.3, 0.4) is 0 Å². The van der Waals surface area contributed by atoms with E-state index >= 15 is 0 Å². The van der Waals surface area contributed by atoms with Gasteiger partial charge >= 0.3 is 0 Å². The van der Waals surface area contributed by atoms with Crippen molar-refractivity contribution in [2.75, 3.05) is 33.0 Å². The van der Waals surface area contributed by atoms with E-state index in [0.29, 0.717) is 0 Å². The summed E-state index contributed by atoms with van der Waals surface area (Å²) in [6, 6.07) is -3.96. The summed E-state index contributed by atoms with van der Waals surface area (Å²) < 4.78 is 28.0. The molecule has 3 aliphatic heterocycles. The van der Waals surface area contributed by atoms with Gasteiger partial charge in [0.1, 0.15) is 54.9 Å². The van der Waals surface area contributed by atoms with Crippen LogP contribution in [0.5, 0.6) is 0 Å². The molecule has 0 amide bonds. The van der Waals surface area contributed by atoms with Crippen LogP contribution in [0.1, 0.15) is 0 Å². The molecule has 0 aromatic heterocycles. The first-order valence-corrected chi connectivity index (χ1v) is 12.5. The van der Waals surface area contributed by atoms with Gasteiger partial charge in [0.15, 0.2) is 18.9 Å². The maximum absolute atomic E-state index is 11.3. The second-order valence-corrected chi connectivity index (χ2v) is 9.79. The van der Waals surface area contributed by atoms with Crippen molar-refractivity contribution >= 4 is 0 Å². The second kappa shape index (κ2) is 14.4. The van der Waals surface area contributed by atoms with Crippen LogP contribution in [0.25, 0.3) is 0 Å². The summed E-state index contributed by atoms with van der Waals surface area (Å²) in [5.41, 5.74) is 11.7. The molecule has 16 atom stereocenters. The molecular weight excluding hydrogens is 534 g/mol. The molecule has 230 valence electrons. The van der Waals surface area contributed by atoms with Gasteiger partial charge in [0.25, 0.3) is 0 Å². The third-order valence-electron chi connectivity index (χ3n) is 7.08. The van der Waals surface area contributed by atoms with Gasteiger partial charge in [0.05, 0.1) is 50.7 Å². The largest absolute Gasteiger partial charge is 0.394 e. The molecule has 39 heavy (non-hydrogen) atoms. The Morgan fingerprint density at radius 3 is 1.79 bits per heavy atom. The highest BCUT2D eigenvalue weighted by molar-refractivity contribution is 4.99. The topological polar surface area (TPSA) is 313 Å². The Hall–Kier alpha value is -0.720. The Morgan fingerprint density at radius 2 is 1.21 bits per heavy atom. The Kier molecular flexibility index (Phi) is 12.1. The van der Waals surface area contributed by atoms with Gasteiger partial charge in [-0.15, -0.1) is 0 Å². The molecule has 3 saturated heterocycles. The molecule has 3 fully saturated rings. The quantitative estimate of drug-likeness (QED) is 0.109. The standard InChI is InChI=1S/C21H41N3O15/c22-10-15(32)17(8(4-27)35-19(10)34)39-21-12(24-1-6(29)2-25)16(33)18(9(5-28)37-21)38-20-11(23)14(31)13(30)7(3-26)36-20/h6-21,24-34H,1-5,22-23H2/t6?,7-,8-,9-,10-,11-,12-,13-,14-,15-,16-,17?,18?,19-,20+,21+/m1/s1. The van der Waals surface area contributed by atoms with Crippen molar-refractivity contribution in [3.05, 3.63) is 0 Å². The lowest BCUT2D eigenvalue weighted by molar-refractivity contribution is -0.350. The zero-order valence-corrected chi connectivity index (χ0v) is 20.9. The molecule has 3 heterocycles. The summed E-state index contributed by atoms with van der Waals surface area (Å²) in [5.74, 6) is 0. The third-order valence-corrected chi connectivity index (χ3v) is 7.08. The molecule has 0 aliphatic carbocycles. The first kappa shape index (κ1) is 32.8. The number of ether oxygens (including phenoxy) is 5. The van der Waals surface area contributed by atoms with Crippen molar-refractivity contribution in [3.8, 4) is 0 Å². The van der Waals surface area contributed by atoms with Gasteiger partial charge in [0.2, 0.25) is 0 Å². The second-order valence-electron chi connectivity index (χ2n) is 9.79. The molecule has 3 unspecified atom stereocenters. The van der Waals surface area contributed by atoms with E-state index in [2.05, 4.69) is 5.32 Å². The molecule has 18 heteroatoms. The third kappa shape index (κ3) is 7.20. The van der Waals surface area contributed by atoms with Crippen LogP contribution in [0.4, 0.5) is 0 Å². The molecule has 18 nitrogen and oxygen atoms in total. The fourth-order valence-electron chi connectivity index (χ4n) is 4.71. The Balaban J connectivity index is 1.84. The molecule has 0 spiro atoms. The summed E-state index contributed by atoms with van der Waals surface area (Å²) in [5, 5.41) is 103. The monoisotopic (exact) mass is 575 g/mol. The van der Waals surface area contributed by atoms with Gasteiger partial charge in [-0.1, -0.05) is 0 Å². The fourth-order valence-corrected chi connectivity index (χ4v) is 4.71. The van der Waals surface area contributed by atoms with E-state index in [0.717, 1.165) is 0 Å². The number of rotatable bonds is 11. The first-order chi connectivity index (χ1) is 18.5. The zero-order chi connectivity index (χ0) is 29.0. The van der Waals surface area contributed by atoms with Gasteiger partial charge in [-0.3, -0.25) is 0 Å². The Labute approximate surface area is 223 Å². The molecule has 0 radical (unpaired) electrons. The molecule has 3 rings (SSSR count). The zero-order valence-electron chi connectivity index (χ0n) is 20.9. The van der Waals surface area contributed by atoms with E-state index in [1.54, 1.807) is 0 Å². The van der Waals surface area contributed by atoms with E-state index in [4.69, 9.17) is 35.2 Å². The number of nitrogens with two attached hydrogens (primary N) is 2. The maximum atomic E-state index is 11.3. The van der Waals surface area contributed by atoms with Crippen molar-refractivity contribution in [3.63, 3.8) is 0 Å². The van der Waals surface area contributed by atoms with E-state index in [-0.39, 0.29) is 6.54 Å². The SMILES string of the molecule is N[C@H]1[C@H](OC2[C@@H](CO)O[C@@H](OC3[C@@H](CO)O[C@@H](O)[C@H](N)[C@H]3O)[C@H](NCC(O)CO)[C@H]2O)O[C@H](CO)[C@@H](O)[C@@H]1O. The van der Waals surface area contributed by atoms with Gasteiger partial charge in [-0.25, -0.2) is 0 Å². The minimum Gasteiger partial charge on any atom is -0.394 e. The summed E-state index contributed by atoms with van der Waals surface area (Å²) in [6.45, 7) is -3.07. The lowest BCUT2D eigenvalue weighted by atomic mass is 9.94. The lowest BCUT2D eigenvalue weighted by Gasteiger charge is -2.49. The van der Waals surface area contributed by atoms with Crippen LogP contribution < -0.4 is 16.8 Å². The lowest BCUT2D eigenvalue weighted by Crippen LogP contribution is -2.70. The van der Waals surface area contributed by atoms with E-state index in [1.807, 2.05) is 0 Å². The minimum absolute atomic E-state index is 0.291. The van der Waals surface area contributed by atoms with Crippen LogP contribution in [-0.4, -0.2) is 182 Å². The van der Waals surface area contributed by atoms with Gasteiger partial charge in [-0.05, 0) is 0 Å². The van der Waals surface area contributed by atoms with Crippen molar-refractivity contribution in [2.45, 2.75) is 98.0 Å². The predicted molar refractivity (Wildman–Crippen MR) is 124 cm³/mol. The highest BCUT2D eigenvalue weighted by Crippen LogP contribution is 2.31. The highest BCUT2D eigenvalue weighted by Gasteiger charge is 2.53.